The minimum Gasteiger partial charge on any atom is -0.507 e. The maximum absolute atomic E-state index is 13.2. The van der Waals surface area contributed by atoms with E-state index in [9.17, 15) is 14.7 Å². The summed E-state index contributed by atoms with van der Waals surface area (Å²) >= 11 is 0. The second kappa shape index (κ2) is 8.67. The Morgan fingerprint density at radius 2 is 1.81 bits per heavy atom. The predicted octanol–water partition coefficient (Wildman–Crippen LogP) is 4.72. The molecule has 32 heavy (non-hydrogen) atoms. The Labute approximate surface area is 186 Å². The van der Waals surface area contributed by atoms with Gasteiger partial charge in [-0.1, -0.05) is 18.2 Å². The minimum absolute atomic E-state index is 0.0127. The molecule has 1 amide bonds. The SMILES string of the molecule is CCOc1ccc(/C(O)=C2\C(=O)C(=O)N(c3cc(C)ccc3C)C2c2ccccn2)cc1. The second-order valence-electron chi connectivity index (χ2n) is 7.67. The lowest BCUT2D eigenvalue weighted by Crippen LogP contribution is -2.30. The fourth-order valence-electron chi connectivity index (χ4n) is 3.91. The Balaban J connectivity index is 1.91. The lowest BCUT2D eigenvalue weighted by molar-refractivity contribution is -0.132. The molecule has 0 saturated carbocycles. The number of ketones is 1. The molecule has 0 radical (unpaired) electrons. The number of aliphatic hydroxyl groups is 1. The Hall–Kier alpha value is -3.93. The topological polar surface area (TPSA) is 79.7 Å². The molecule has 1 unspecified atom stereocenters. The van der Waals surface area contributed by atoms with Crippen molar-refractivity contribution in [3.63, 3.8) is 0 Å². The third-order valence-corrected chi connectivity index (χ3v) is 5.48. The van der Waals surface area contributed by atoms with E-state index in [1.54, 1.807) is 48.7 Å². The van der Waals surface area contributed by atoms with E-state index in [0.717, 1.165) is 11.1 Å². The minimum atomic E-state index is -0.844. The summed E-state index contributed by atoms with van der Waals surface area (Å²) in [6.45, 7) is 6.21. The van der Waals surface area contributed by atoms with Crippen LogP contribution in [0, 0.1) is 13.8 Å². The van der Waals surface area contributed by atoms with Crippen LogP contribution in [0.4, 0.5) is 5.69 Å². The van der Waals surface area contributed by atoms with E-state index in [-0.39, 0.29) is 11.3 Å². The average molecular weight is 428 g/mol. The van der Waals surface area contributed by atoms with Gasteiger partial charge in [-0.2, -0.15) is 0 Å². The lowest BCUT2D eigenvalue weighted by Gasteiger charge is -2.26. The molecule has 1 saturated heterocycles. The molecule has 0 aliphatic carbocycles. The second-order valence-corrected chi connectivity index (χ2v) is 7.67. The average Bonchev–Trinajstić information content (AvgIpc) is 3.07. The predicted molar refractivity (Wildman–Crippen MR) is 123 cm³/mol. The van der Waals surface area contributed by atoms with Gasteiger partial charge in [0.05, 0.1) is 17.9 Å². The Kier molecular flexibility index (Phi) is 5.77. The number of carbonyl (C=O) groups is 2. The van der Waals surface area contributed by atoms with Crippen LogP contribution in [0.1, 0.15) is 35.3 Å². The van der Waals surface area contributed by atoms with Gasteiger partial charge in [-0.3, -0.25) is 19.5 Å². The number of hydrogen-bond acceptors (Lipinski definition) is 5. The highest BCUT2D eigenvalue weighted by atomic mass is 16.5. The zero-order valence-corrected chi connectivity index (χ0v) is 18.2. The Bertz CT molecular complexity index is 1200. The van der Waals surface area contributed by atoms with Crippen LogP contribution in [0.2, 0.25) is 0 Å². The number of carbonyl (C=O) groups excluding carboxylic acids is 2. The van der Waals surface area contributed by atoms with Crippen LogP contribution >= 0.6 is 0 Å². The molecule has 2 aromatic carbocycles. The van der Waals surface area contributed by atoms with E-state index in [1.165, 1.54) is 4.90 Å². The molecule has 1 aliphatic rings. The summed E-state index contributed by atoms with van der Waals surface area (Å²) < 4.78 is 5.46. The number of hydrogen-bond donors (Lipinski definition) is 1. The normalized spacial score (nSPS) is 17.6. The number of amides is 1. The first-order valence-electron chi connectivity index (χ1n) is 10.4. The summed E-state index contributed by atoms with van der Waals surface area (Å²) in [6.07, 6.45) is 1.61. The smallest absolute Gasteiger partial charge is 0.300 e. The van der Waals surface area contributed by atoms with E-state index in [2.05, 4.69) is 4.98 Å². The molecule has 1 aliphatic heterocycles. The molecule has 6 nitrogen and oxygen atoms in total. The highest BCUT2D eigenvalue weighted by Gasteiger charge is 2.48. The number of rotatable bonds is 5. The van der Waals surface area contributed by atoms with Crippen LogP contribution < -0.4 is 9.64 Å². The van der Waals surface area contributed by atoms with Crippen molar-refractivity contribution in [2.75, 3.05) is 11.5 Å². The van der Waals surface area contributed by atoms with Gasteiger partial charge in [-0.15, -0.1) is 0 Å². The fourth-order valence-corrected chi connectivity index (χ4v) is 3.91. The van der Waals surface area contributed by atoms with E-state index in [0.29, 0.717) is 29.3 Å². The quantitative estimate of drug-likeness (QED) is 0.361. The van der Waals surface area contributed by atoms with Gasteiger partial charge in [0.15, 0.2) is 0 Å². The van der Waals surface area contributed by atoms with Gasteiger partial charge in [0, 0.05) is 17.4 Å². The zero-order chi connectivity index (χ0) is 22.8. The van der Waals surface area contributed by atoms with E-state index in [4.69, 9.17) is 4.74 Å². The van der Waals surface area contributed by atoms with E-state index < -0.39 is 17.7 Å². The standard InChI is InChI=1S/C26H24N2O4/c1-4-32-19-12-10-18(11-13-19)24(29)22-23(20-7-5-6-14-27-20)28(26(31)25(22)30)21-15-16(2)8-9-17(21)3/h5-15,23,29H,4H2,1-3H3/b24-22+. The third kappa shape index (κ3) is 3.75. The van der Waals surface area contributed by atoms with E-state index >= 15 is 0 Å². The zero-order valence-electron chi connectivity index (χ0n) is 18.2. The first kappa shape index (κ1) is 21.3. The van der Waals surface area contributed by atoms with Crippen LogP contribution in [-0.4, -0.2) is 28.4 Å². The summed E-state index contributed by atoms with van der Waals surface area (Å²) in [5, 5.41) is 11.2. The molecular formula is C26H24N2O4. The number of aromatic nitrogens is 1. The molecule has 1 fully saturated rings. The van der Waals surface area contributed by atoms with Gasteiger partial charge in [0.25, 0.3) is 11.7 Å². The Morgan fingerprint density at radius 3 is 2.47 bits per heavy atom. The van der Waals surface area contributed by atoms with Crippen molar-refractivity contribution >= 4 is 23.1 Å². The molecule has 162 valence electrons. The lowest BCUT2D eigenvalue weighted by atomic mass is 9.97. The molecule has 1 atom stereocenters. The van der Waals surface area contributed by atoms with Crippen molar-refractivity contribution < 1.29 is 19.4 Å². The molecular weight excluding hydrogens is 404 g/mol. The van der Waals surface area contributed by atoms with Crippen molar-refractivity contribution in [1.82, 2.24) is 4.98 Å². The summed E-state index contributed by atoms with van der Waals surface area (Å²) in [5.74, 6) is -1.02. The molecule has 6 heteroatoms. The maximum Gasteiger partial charge on any atom is 0.300 e. The molecule has 1 N–H and O–H groups in total. The third-order valence-electron chi connectivity index (χ3n) is 5.48. The first-order valence-corrected chi connectivity index (χ1v) is 10.4. The summed E-state index contributed by atoms with van der Waals surface area (Å²) in [4.78, 5) is 32.3. The number of aryl methyl sites for hydroxylation is 2. The fraction of sp³-hybridized carbons (Fsp3) is 0.192. The number of Topliss-reactive ketones (excluding diaryl/α,β-unsaturated/α-hetero) is 1. The Morgan fingerprint density at radius 1 is 1.06 bits per heavy atom. The van der Waals surface area contributed by atoms with Crippen LogP contribution in [0.3, 0.4) is 0 Å². The molecule has 2 heterocycles. The molecule has 0 bridgehead atoms. The van der Waals surface area contributed by atoms with Crippen molar-refractivity contribution in [3.05, 3.63) is 94.8 Å². The van der Waals surface area contributed by atoms with Crippen molar-refractivity contribution in [3.8, 4) is 5.75 Å². The number of benzene rings is 2. The number of ether oxygens (including phenoxy) is 1. The van der Waals surface area contributed by atoms with Crippen molar-refractivity contribution in [2.24, 2.45) is 0 Å². The van der Waals surface area contributed by atoms with Crippen LogP contribution in [0.25, 0.3) is 5.76 Å². The van der Waals surface area contributed by atoms with Crippen molar-refractivity contribution in [2.45, 2.75) is 26.8 Å². The molecule has 0 spiro atoms. The summed E-state index contributed by atoms with van der Waals surface area (Å²) in [5.41, 5.74) is 3.36. The molecule has 1 aromatic heterocycles. The summed E-state index contributed by atoms with van der Waals surface area (Å²) in [7, 11) is 0. The van der Waals surface area contributed by atoms with Gasteiger partial charge in [-0.05, 0) is 74.4 Å². The van der Waals surface area contributed by atoms with Crippen LogP contribution in [0.5, 0.6) is 5.75 Å². The van der Waals surface area contributed by atoms with Gasteiger partial charge < -0.3 is 9.84 Å². The number of nitrogens with zero attached hydrogens (tertiary/aromatic N) is 2. The number of pyridine rings is 1. The van der Waals surface area contributed by atoms with Gasteiger partial charge in [-0.25, -0.2) is 0 Å². The maximum atomic E-state index is 13.2. The van der Waals surface area contributed by atoms with Gasteiger partial charge in [0.2, 0.25) is 0 Å². The molecule has 3 aromatic rings. The van der Waals surface area contributed by atoms with Gasteiger partial charge in [0.1, 0.15) is 17.6 Å². The summed E-state index contributed by atoms with van der Waals surface area (Å²) in [6, 6.07) is 17.0. The largest absolute Gasteiger partial charge is 0.507 e. The van der Waals surface area contributed by atoms with Gasteiger partial charge >= 0.3 is 0 Å². The van der Waals surface area contributed by atoms with Crippen molar-refractivity contribution in [1.29, 1.82) is 0 Å². The van der Waals surface area contributed by atoms with E-state index in [1.807, 2.05) is 39.0 Å². The highest BCUT2D eigenvalue weighted by Crippen LogP contribution is 2.42. The first-order chi connectivity index (χ1) is 15.4. The number of anilines is 1. The highest BCUT2D eigenvalue weighted by molar-refractivity contribution is 6.51. The van der Waals surface area contributed by atoms with Crippen LogP contribution in [-0.2, 0) is 9.59 Å². The number of aliphatic hydroxyl groups excluding tert-OH is 1. The monoisotopic (exact) mass is 428 g/mol. The molecule has 4 rings (SSSR count). The van der Waals surface area contributed by atoms with Crippen LogP contribution in [0.15, 0.2) is 72.4 Å².